The van der Waals surface area contributed by atoms with Gasteiger partial charge in [-0.2, -0.15) is 0 Å². The fourth-order valence-corrected chi connectivity index (χ4v) is 2.04. The van der Waals surface area contributed by atoms with Crippen molar-refractivity contribution >= 4 is 0 Å². The lowest BCUT2D eigenvalue weighted by Gasteiger charge is -2.22. The Balaban J connectivity index is 2.03. The van der Waals surface area contributed by atoms with Gasteiger partial charge in [-0.25, -0.2) is 0 Å². The molecule has 0 radical (unpaired) electrons. The van der Waals surface area contributed by atoms with Crippen molar-refractivity contribution in [1.82, 2.24) is 0 Å². The van der Waals surface area contributed by atoms with E-state index in [4.69, 9.17) is 14.2 Å². The molecule has 18 heavy (non-hydrogen) atoms. The third kappa shape index (κ3) is 2.88. The Morgan fingerprint density at radius 3 is 2.78 bits per heavy atom. The van der Waals surface area contributed by atoms with Crippen molar-refractivity contribution in [3.05, 3.63) is 18.2 Å². The lowest BCUT2D eigenvalue weighted by Crippen LogP contribution is -2.30. The topological polar surface area (TPSA) is 47.9 Å². The highest BCUT2D eigenvalue weighted by Crippen LogP contribution is 2.35. The maximum Gasteiger partial charge on any atom is 0.231 e. The van der Waals surface area contributed by atoms with Gasteiger partial charge >= 0.3 is 0 Å². The Labute approximate surface area is 107 Å². The fourth-order valence-electron chi connectivity index (χ4n) is 2.04. The lowest BCUT2D eigenvalue weighted by molar-refractivity contribution is 0.0283. The summed E-state index contributed by atoms with van der Waals surface area (Å²) in [5.74, 6) is 2.15. The Hall–Kier alpha value is -1.42. The molecule has 0 bridgehead atoms. The van der Waals surface area contributed by atoms with Crippen LogP contribution in [-0.2, 0) is 0 Å². The van der Waals surface area contributed by atoms with Crippen LogP contribution in [0.2, 0.25) is 0 Å². The Kier molecular flexibility index (Phi) is 4.31. The first-order valence-electron chi connectivity index (χ1n) is 6.49. The molecule has 4 nitrogen and oxygen atoms in total. The minimum absolute atomic E-state index is 0.176. The number of fused-ring (bicyclic) bond motifs is 1. The molecule has 1 aromatic carbocycles. The number of ether oxygens (including phenoxy) is 3. The van der Waals surface area contributed by atoms with E-state index in [0.717, 1.165) is 25.0 Å². The van der Waals surface area contributed by atoms with Crippen LogP contribution in [0, 0.1) is 0 Å². The Morgan fingerprint density at radius 2 is 2.06 bits per heavy atom. The van der Waals surface area contributed by atoms with Crippen LogP contribution in [-0.4, -0.2) is 24.1 Å². The van der Waals surface area contributed by atoms with Crippen LogP contribution in [0.25, 0.3) is 0 Å². The molecule has 1 aliphatic heterocycles. The number of hydrogen-bond acceptors (Lipinski definition) is 4. The number of hydrogen-bond donors (Lipinski definition) is 1. The number of benzene rings is 1. The molecule has 100 valence electrons. The van der Waals surface area contributed by atoms with Crippen LogP contribution in [0.3, 0.4) is 0 Å². The average molecular weight is 252 g/mol. The van der Waals surface area contributed by atoms with Crippen LogP contribution in [0.5, 0.6) is 17.2 Å². The molecule has 0 fully saturated rings. The SMILES string of the molecule is CCCC(O)C(CC)Oc1ccc2c(c1)OCO2. The van der Waals surface area contributed by atoms with Gasteiger partial charge in [0.15, 0.2) is 11.5 Å². The molecule has 1 aromatic rings. The quantitative estimate of drug-likeness (QED) is 0.845. The summed E-state index contributed by atoms with van der Waals surface area (Å²) in [7, 11) is 0. The first kappa shape index (κ1) is 13.0. The fraction of sp³-hybridized carbons (Fsp3) is 0.571. The van der Waals surface area contributed by atoms with Gasteiger partial charge in [0.25, 0.3) is 0 Å². The summed E-state index contributed by atoms with van der Waals surface area (Å²) in [5.41, 5.74) is 0. The van der Waals surface area contributed by atoms with E-state index in [-0.39, 0.29) is 12.9 Å². The van der Waals surface area contributed by atoms with Gasteiger partial charge in [0.2, 0.25) is 6.79 Å². The van der Waals surface area contributed by atoms with Crippen molar-refractivity contribution in [2.24, 2.45) is 0 Å². The molecular weight excluding hydrogens is 232 g/mol. The summed E-state index contributed by atoms with van der Waals surface area (Å²) in [6.45, 7) is 4.32. The molecule has 2 unspecified atom stereocenters. The van der Waals surface area contributed by atoms with Gasteiger partial charge in [-0.1, -0.05) is 20.3 Å². The number of aliphatic hydroxyl groups is 1. The van der Waals surface area contributed by atoms with Crippen LogP contribution < -0.4 is 14.2 Å². The molecule has 1 aliphatic rings. The van der Waals surface area contributed by atoms with E-state index in [0.29, 0.717) is 11.5 Å². The minimum Gasteiger partial charge on any atom is -0.488 e. The summed E-state index contributed by atoms with van der Waals surface area (Å²) in [5, 5.41) is 9.98. The molecule has 0 aliphatic carbocycles. The summed E-state index contributed by atoms with van der Waals surface area (Å²) in [6, 6.07) is 5.48. The molecular formula is C14H20O4. The second-order valence-electron chi connectivity index (χ2n) is 4.44. The van der Waals surface area contributed by atoms with Gasteiger partial charge in [0, 0.05) is 6.07 Å². The predicted octanol–water partition coefficient (Wildman–Crippen LogP) is 2.73. The molecule has 0 saturated heterocycles. The van der Waals surface area contributed by atoms with Gasteiger partial charge in [0.05, 0.1) is 6.10 Å². The lowest BCUT2D eigenvalue weighted by atomic mass is 10.1. The average Bonchev–Trinajstić information content (AvgIpc) is 2.83. The van der Waals surface area contributed by atoms with Crippen molar-refractivity contribution in [1.29, 1.82) is 0 Å². The monoisotopic (exact) mass is 252 g/mol. The molecule has 0 spiro atoms. The van der Waals surface area contributed by atoms with Gasteiger partial charge in [-0.3, -0.25) is 0 Å². The van der Waals surface area contributed by atoms with E-state index in [1.807, 2.05) is 25.1 Å². The molecule has 0 aromatic heterocycles. The van der Waals surface area contributed by atoms with E-state index >= 15 is 0 Å². The molecule has 0 saturated carbocycles. The third-order valence-corrected chi connectivity index (χ3v) is 3.05. The van der Waals surface area contributed by atoms with Gasteiger partial charge in [-0.05, 0) is 25.0 Å². The molecule has 4 heteroatoms. The summed E-state index contributed by atoms with van der Waals surface area (Å²) in [6.07, 6.45) is 1.87. The summed E-state index contributed by atoms with van der Waals surface area (Å²) in [4.78, 5) is 0. The maximum absolute atomic E-state index is 9.98. The Morgan fingerprint density at radius 1 is 1.28 bits per heavy atom. The smallest absolute Gasteiger partial charge is 0.231 e. The van der Waals surface area contributed by atoms with E-state index in [9.17, 15) is 5.11 Å². The standard InChI is InChI=1S/C14H20O4/c1-3-5-11(15)12(4-2)18-10-6-7-13-14(8-10)17-9-16-13/h6-8,11-12,15H,3-5,9H2,1-2H3. The molecule has 1 heterocycles. The zero-order valence-corrected chi connectivity index (χ0v) is 10.9. The second kappa shape index (κ2) is 5.96. The van der Waals surface area contributed by atoms with Crippen molar-refractivity contribution < 1.29 is 19.3 Å². The first-order chi connectivity index (χ1) is 8.74. The van der Waals surface area contributed by atoms with E-state index < -0.39 is 6.10 Å². The second-order valence-corrected chi connectivity index (χ2v) is 4.44. The first-order valence-corrected chi connectivity index (χ1v) is 6.49. The van der Waals surface area contributed by atoms with Crippen LogP contribution in [0.1, 0.15) is 33.1 Å². The van der Waals surface area contributed by atoms with E-state index in [2.05, 4.69) is 6.92 Å². The Bertz CT molecular complexity index is 391. The molecule has 2 atom stereocenters. The van der Waals surface area contributed by atoms with Crippen LogP contribution in [0.15, 0.2) is 18.2 Å². The number of aliphatic hydroxyl groups excluding tert-OH is 1. The zero-order valence-electron chi connectivity index (χ0n) is 10.9. The number of rotatable bonds is 6. The van der Waals surface area contributed by atoms with Crippen LogP contribution >= 0.6 is 0 Å². The zero-order chi connectivity index (χ0) is 13.0. The van der Waals surface area contributed by atoms with Gasteiger partial charge < -0.3 is 19.3 Å². The van der Waals surface area contributed by atoms with Crippen molar-refractivity contribution in [2.75, 3.05) is 6.79 Å². The summed E-state index contributed by atoms with van der Waals surface area (Å²) < 4.78 is 16.4. The molecule has 2 rings (SSSR count). The van der Waals surface area contributed by atoms with Crippen molar-refractivity contribution in [2.45, 2.75) is 45.3 Å². The highest BCUT2D eigenvalue weighted by molar-refractivity contribution is 5.46. The molecule has 0 amide bonds. The van der Waals surface area contributed by atoms with Gasteiger partial charge in [-0.15, -0.1) is 0 Å². The normalized spacial score (nSPS) is 16.4. The predicted molar refractivity (Wildman–Crippen MR) is 68.2 cm³/mol. The van der Waals surface area contributed by atoms with Crippen LogP contribution in [0.4, 0.5) is 0 Å². The van der Waals surface area contributed by atoms with Crippen molar-refractivity contribution in [3.63, 3.8) is 0 Å². The molecule has 1 N–H and O–H groups in total. The minimum atomic E-state index is -0.426. The van der Waals surface area contributed by atoms with E-state index in [1.165, 1.54) is 0 Å². The van der Waals surface area contributed by atoms with E-state index in [1.54, 1.807) is 0 Å². The maximum atomic E-state index is 9.98. The summed E-state index contributed by atoms with van der Waals surface area (Å²) >= 11 is 0. The highest BCUT2D eigenvalue weighted by atomic mass is 16.7. The largest absolute Gasteiger partial charge is 0.488 e. The highest BCUT2D eigenvalue weighted by Gasteiger charge is 2.20. The van der Waals surface area contributed by atoms with Gasteiger partial charge in [0.1, 0.15) is 11.9 Å². The third-order valence-electron chi connectivity index (χ3n) is 3.05. The van der Waals surface area contributed by atoms with Crippen molar-refractivity contribution in [3.8, 4) is 17.2 Å².